The summed E-state index contributed by atoms with van der Waals surface area (Å²) < 4.78 is 1.96. The summed E-state index contributed by atoms with van der Waals surface area (Å²) in [5, 5.41) is 7.94. The highest BCUT2D eigenvalue weighted by atomic mass is 127. The fourth-order valence-corrected chi connectivity index (χ4v) is 3.26. The second-order valence-electron chi connectivity index (χ2n) is 6.45. The van der Waals surface area contributed by atoms with Gasteiger partial charge in [0.05, 0.1) is 5.69 Å². The number of guanidine groups is 1. The number of aromatic nitrogens is 2. The average molecular weight is 433 g/mol. The highest BCUT2D eigenvalue weighted by Crippen LogP contribution is 2.16. The fourth-order valence-electron chi connectivity index (χ4n) is 3.26. The van der Waals surface area contributed by atoms with E-state index in [9.17, 15) is 0 Å². The maximum atomic E-state index is 4.85. The van der Waals surface area contributed by atoms with Crippen LogP contribution in [0.2, 0.25) is 0 Å². The van der Waals surface area contributed by atoms with Gasteiger partial charge in [0.1, 0.15) is 0 Å². The summed E-state index contributed by atoms with van der Waals surface area (Å²) in [5.74, 6) is 1.84. The van der Waals surface area contributed by atoms with E-state index in [4.69, 9.17) is 4.99 Å². The third-order valence-corrected chi connectivity index (χ3v) is 4.57. The number of piperidine rings is 1. The molecule has 1 aromatic heterocycles. The first-order valence-electron chi connectivity index (χ1n) is 8.55. The molecule has 1 fully saturated rings. The minimum absolute atomic E-state index is 0. The van der Waals surface area contributed by atoms with E-state index in [-0.39, 0.29) is 24.0 Å². The lowest BCUT2D eigenvalue weighted by Crippen LogP contribution is -2.46. The van der Waals surface area contributed by atoms with Crippen LogP contribution in [0.5, 0.6) is 0 Å². The zero-order valence-electron chi connectivity index (χ0n) is 15.2. The molecule has 0 spiro atoms. The first-order valence-corrected chi connectivity index (χ1v) is 8.55. The molecule has 5 nitrogen and oxygen atoms in total. The summed E-state index contributed by atoms with van der Waals surface area (Å²) in [7, 11) is 2.01. The van der Waals surface area contributed by atoms with Crippen molar-refractivity contribution in [3.63, 3.8) is 0 Å². The summed E-state index contributed by atoms with van der Waals surface area (Å²) in [4.78, 5) is 7.27. The van der Waals surface area contributed by atoms with E-state index >= 15 is 0 Å². The van der Waals surface area contributed by atoms with Gasteiger partial charge in [0, 0.05) is 38.9 Å². The molecule has 1 aliphatic heterocycles. The first kappa shape index (κ1) is 20.3. The summed E-state index contributed by atoms with van der Waals surface area (Å²) >= 11 is 0. The summed E-state index contributed by atoms with van der Waals surface area (Å²) in [6.45, 7) is 12.7. The number of nitrogens with zero attached hydrogens (tertiary/aromatic N) is 4. The zero-order valence-corrected chi connectivity index (χ0v) is 17.6. The number of hydrogen-bond donors (Lipinski definition) is 1. The van der Waals surface area contributed by atoms with Crippen LogP contribution < -0.4 is 5.32 Å². The van der Waals surface area contributed by atoms with E-state index in [0.29, 0.717) is 0 Å². The second kappa shape index (κ2) is 9.49. The average Bonchev–Trinajstić information content (AvgIpc) is 2.72. The van der Waals surface area contributed by atoms with E-state index in [2.05, 4.69) is 43.0 Å². The van der Waals surface area contributed by atoms with Crippen LogP contribution in [0.3, 0.4) is 0 Å². The van der Waals surface area contributed by atoms with Gasteiger partial charge in [0.25, 0.3) is 0 Å². The Morgan fingerprint density at radius 3 is 2.70 bits per heavy atom. The van der Waals surface area contributed by atoms with E-state index in [1.807, 2.05) is 11.7 Å². The molecule has 1 saturated heterocycles. The molecule has 2 rings (SSSR count). The molecule has 132 valence electrons. The highest BCUT2D eigenvalue weighted by molar-refractivity contribution is 14.0. The normalized spacial score (nSPS) is 18.7. The molecule has 0 aliphatic carbocycles. The molecule has 1 atom stereocenters. The molecule has 0 saturated carbocycles. The fraction of sp³-hybridized carbons (Fsp3) is 0.765. The number of likely N-dealkylation sites (tertiary alicyclic amines) is 1. The molecule has 1 aromatic rings. The Morgan fingerprint density at radius 2 is 2.13 bits per heavy atom. The molecule has 6 heteroatoms. The number of aliphatic imine (C=N–C) groups is 1. The van der Waals surface area contributed by atoms with Crippen molar-refractivity contribution in [1.29, 1.82) is 0 Å². The van der Waals surface area contributed by atoms with Crippen LogP contribution in [-0.2, 0) is 13.5 Å². The Kier molecular flexibility index (Phi) is 8.36. The van der Waals surface area contributed by atoms with Crippen molar-refractivity contribution in [3.05, 3.63) is 17.0 Å². The first-order chi connectivity index (χ1) is 10.5. The van der Waals surface area contributed by atoms with Crippen molar-refractivity contribution in [2.45, 2.75) is 47.0 Å². The Balaban J connectivity index is 0.00000264. The predicted octanol–water partition coefficient (Wildman–Crippen LogP) is 2.89. The van der Waals surface area contributed by atoms with Crippen molar-refractivity contribution >= 4 is 29.9 Å². The van der Waals surface area contributed by atoms with Gasteiger partial charge in [-0.2, -0.15) is 5.10 Å². The third kappa shape index (κ3) is 5.36. The monoisotopic (exact) mass is 433 g/mol. The molecule has 0 radical (unpaired) electrons. The number of hydrogen-bond acceptors (Lipinski definition) is 2. The lowest BCUT2D eigenvalue weighted by Gasteiger charge is -2.33. The molecule has 0 aromatic carbocycles. The van der Waals surface area contributed by atoms with Gasteiger partial charge in [0.2, 0.25) is 0 Å². The Labute approximate surface area is 157 Å². The number of halogens is 1. The van der Waals surface area contributed by atoms with Gasteiger partial charge >= 0.3 is 0 Å². The van der Waals surface area contributed by atoms with Crippen LogP contribution in [0.15, 0.2) is 4.99 Å². The molecule has 0 bridgehead atoms. The smallest absolute Gasteiger partial charge is 0.193 e. The molecule has 0 amide bonds. The molecular formula is C17H32IN5. The van der Waals surface area contributed by atoms with Crippen LogP contribution in [0.4, 0.5) is 0 Å². The summed E-state index contributed by atoms with van der Waals surface area (Å²) in [5.41, 5.74) is 3.73. The quantitative estimate of drug-likeness (QED) is 0.451. The summed E-state index contributed by atoms with van der Waals surface area (Å²) in [6.07, 6.45) is 3.57. The molecule has 1 unspecified atom stereocenters. The highest BCUT2D eigenvalue weighted by Gasteiger charge is 2.19. The lowest BCUT2D eigenvalue weighted by molar-refractivity contribution is 0.266. The topological polar surface area (TPSA) is 45.5 Å². The zero-order chi connectivity index (χ0) is 16.1. The van der Waals surface area contributed by atoms with Crippen LogP contribution in [0.1, 0.15) is 43.6 Å². The maximum Gasteiger partial charge on any atom is 0.193 e. The van der Waals surface area contributed by atoms with Gasteiger partial charge in [-0.25, -0.2) is 0 Å². The maximum absolute atomic E-state index is 4.85. The standard InChI is InChI=1S/C17H31N5.HI/c1-6-18-17(22-11-7-8-13(2)12-22)19-10-9-16-14(3)20-21(5)15(16)4;/h13H,6-12H2,1-5H3,(H,18,19);1H. The van der Waals surface area contributed by atoms with Crippen molar-refractivity contribution in [2.75, 3.05) is 26.2 Å². The molecule has 1 aliphatic rings. The Hall–Kier alpha value is -0.790. The van der Waals surface area contributed by atoms with E-state index in [0.717, 1.165) is 50.2 Å². The third-order valence-electron chi connectivity index (χ3n) is 4.57. The second-order valence-corrected chi connectivity index (χ2v) is 6.45. The van der Waals surface area contributed by atoms with Crippen molar-refractivity contribution < 1.29 is 0 Å². The van der Waals surface area contributed by atoms with Crippen LogP contribution in [-0.4, -0.2) is 46.8 Å². The van der Waals surface area contributed by atoms with Crippen molar-refractivity contribution in [2.24, 2.45) is 18.0 Å². The van der Waals surface area contributed by atoms with Crippen LogP contribution in [0, 0.1) is 19.8 Å². The van der Waals surface area contributed by atoms with Crippen molar-refractivity contribution in [3.8, 4) is 0 Å². The number of rotatable bonds is 4. The van der Waals surface area contributed by atoms with Crippen molar-refractivity contribution in [1.82, 2.24) is 20.0 Å². The van der Waals surface area contributed by atoms with Gasteiger partial charge in [-0.1, -0.05) is 6.92 Å². The molecule has 1 N–H and O–H groups in total. The van der Waals surface area contributed by atoms with Gasteiger partial charge < -0.3 is 10.2 Å². The molecule has 2 heterocycles. The minimum atomic E-state index is 0. The van der Waals surface area contributed by atoms with Crippen LogP contribution in [0.25, 0.3) is 0 Å². The van der Waals surface area contributed by atoms with E-state index in [1.165, 1.54) is 24.1 Å². The Bertz CT molecular complexity index is 523. The molecular weight excluding hydrogens is 401 g/mol. The van der Waals surface area contributed by atoms with Crippen LogP contribution >= 0.6 is 24.0 Å². The van der Waals surface area contributed by atoms with Gasteiger partial charge in [-0.3, -0.25) is 9.67 Å². The van der Waals surface area contributed by atoms with E-state index < -0.39 is 0 Å². The van der Waals surface area contributed by atoms with E-state index in [1.54, 1.807) is 0 Å². The van der Waals surface area contributed by atoms with Gasteiger partial charge in [-0.05, 0) is 51.5 Å². The SMILES string of the molecule is CCNC(=NCCc1c(C)nn(C)c1C)N1CCCC(C)C1.I. The van der Waals surface area contributed by atoms with Gasteiger partial charge in [-0.15, -0.1) is 24.0 Å². The number of aryl methyl sites for hydroxylation is 2. The minimum Gasteiger partial charge on any atom is -0.357 e. The van der Waals surface area contributed by atoms with Gasteiger partial charge in [0.15, 0.2) is 5.96 Å². The lowest BCUT2D eigenvalue weighted by atomic mass is 10.0. The number of nitrogens with one attached hydrogen (secondary N) is 1. The molecule has 23 heavy (non-hydrogen) atoms. The summed E-state index contributed by atoms with van der Waals surface area (Å²) in [6, 6.07) is 0. The Morgan fingerprint density at radius 1 is 1.39 bits per heavy atom. The predicted molar refractivity (Wildman–Crippen MR) is 108 cm³/mol. The largest absolute Gasteiger partial charge is 0.357 e.